The second kappa shape index (κ2) is 60.7. The minimum atomic E-state index is -4.37. The lowest BCUT2D eigenvalue weighted by Crippen LogP contribution is -2.45. The third-order valence-corrected chi connectivity index (χ3v) is 15.5. The van der Waals surface area contributed by atoms with Gasteiger partial charge in [-0.1, -0.05) is 297 Å². The van der Waals surface area contributed by atoms with Crippen molar-refractivity contribution in [2.45, 2.75) is 296 Å². The highest BCUT2D eigenvalue weighted by Gasteiger charge is 2.27. The molecule has 3 unspecified atom stereocenters. The Balaban J connectivity index is 4.15. The second-order valence-electron chi connectivity index (χ2n) is 23.5. The smallest absolute Gasteiger partial charge is 0.387 e. The SMILES string of the molecule is CC/C=C\C/C=C\C/C=C\C/C=C\C/C=C\C/C=C\C/C=C\CCCCCCCCCCCCCCCC(=O)NC(COP(=O)(O)OCC[N+](C)(C)C)C(O)/C=C/CC/C=C/CCCCCCCCCCCCCCCCCCC. The van der Waals surface area contributed by atoms with Crippen LogP contribution in [0.15, 0.2) is 109 Å². The number of likely N-dealkylation sites (N-methyl/N-ethyl adjacent to an activating group) is 1. The molecule has 0 heterocycles. The van der Waals surface area contributed by atoms with Gasteiger partial charge in [-0.2, -0.15) is 0 Å². The van der Waals surface area contributed by atoms with Gasteiger partial charge in [0, 0.05) is 6.42 Å². The number of aliphatic hydroxyl groups is 1. The highest BCUT2D eigenvalue weighted by Crippen LogP contribution is 2.43. The number of hydrogen-bond donors (Lipinski definition) is 3. The van der Waals surface area contributed by atoms with Crippen LogP contribution < -0.4 is 5.32 Å². The zero-order valence-corrected chi connectivity index (χ0v) is 53.7. The van der Waals surface area contributed by atoms with Crippen molar-refractivity contribution in [1.82, 2.24) is 5.32 Å². The van der Waals surface area contributed by atoms with Gasteiger partial charge in [0.05, 0.1) is 39.9 Å². The van der Waals surface area contributed by atoms with E-state index in [4.69, 9.17) is 9.05 Å². The Kier molecular flexibility index (Phi) is 58.6. The average Bonchev–Trinajstić information content (AvgIpc) is 3.42. The second-order valence-corrected chi connectivity index (χ2v) is 24.9. The third kappa shape index (κ3) is 62.8. The number of allylic oxidation sites excluding steroid dienone is 17. The lowest BCUT2D eigenvalue weighted by molar-refractivity contribution is -0.870. The van der Waals surface area contributed by atoms with Gasteiger partial charge in [-0.15, -0.1) is 0 Å². The minimum absolute atomic E-state index is 0.0522. The summed E-state index contributed by atoms with van der Waals surface area (Å²) in [5.74, 6) is -0.189. The summed E-state index contributed by atoms with van der Waals surface area (Å²) < 4.78 is 23.8. The topological polar surface area (TPSA) is 105 Å². The first kappa shape index (κ1) is 77.2. The number of unbranched alkanes of at least 4 members (excludes halogenated alkanes) is 31. The molecule has 0 aliphatic carbocycles. The predicted molar refractivity (Wildman–Crippen MR) is 350 cm³/mol. The summed E-state index contributed by atoms with van der Waals surface area (Å²) in [5, 5.41) is 14.0. The zero-order chi connectivity index (χ0) is 58.4. The number of aliphatic hydroxyl groups excluding tert-OH is 1. The van der Waals surface area contributed by atoms with E-state index in [0.29, 0.717) is 17.4 Å². The molecule has 0 aromatic rings. The molecular formula is C71H128N2O6P+. The molecule has 0 radical (unpaired) electrons. The molecule has 0 aliphatic heterocycles. The quantitative estimate of drug-likeness (QED) is 0.0243. The van der Waals surface area contributed by atoms with Crippen molar-refractivity contribution in [3.05, 3.63) is 109 Å². The number of phosphoric acid groups is 1. The molecule has 462 valence electrons. The van der Waals surface area contributed by atoms with Crippen molar-refractivity contribution in [2.75, 3.05) is 40.9 Å². The highest BCUT2D eigenvalue weighted by atomic mass is 31.2. The van der Waals surface area contributed by atoms with Crippen LogP contribution in [0.5, 0.6) is 0 Å². The molecule has 80 heavy (non-hydrogen) atoms. The van der Waals surface area contributed by atoms with E-state index in [0.717, 1.165) is 83.5 Å². The molecule has 0 spiro atoms. The molecule has 3 N–H and O–H groups in total. The number of phosphoric ester groups is 1. The summed E-state index contributed by atoms with van der Waals surface area (Å²) >= 11 is 0. The Bertz CT molecular complexity index is 1670. The lowest BCUT2D eigenvalue weighted by Gasteiger charge is -2.25. The molecule has 0 bridgehead atoms. The van der Waals surface area contributed by atoms with E-state index >= 15 is 0 Å². The van der Waals surface area contributed by atoms with Gasteiger partial charge in [0.1, 0.15) is 13.2 Å². The van der Waals surface area contributed by atoms with Crippen molar-refractivity contribution in [2.24, 2.45) is 0 Å². The van der Waals surface area contributed by atoms with Gasteiger partial charge in [0.25, 0.3) is 0 Å². The van der Waals surface area contributed by atoms with Crippen LogP contribution in [0, 0.1) is 0 Å². The molecular weight excluding hydrogens is 1010 g/mol. The summed E-state index contributed by atoms with van der Waals surface area (Å²) in [7, 11) is 1.55. The molecule has 9 heteroatoms. The van der Waals surface area contributed by atoms with Crippen molar-refractivity contribution in [3.63, 3.8) is 0 Å². The van der Waals surface area contributed by atoms with E-state index in [1.54, 1.807) is 6.08 Å². The van der Waals surface area contributed by atoms with E-state index in [-0.39, 0.29) is 19.1 Å². The van der Waals surface area contributed by atoms with E-state index in [2.05, 4.69) is 116 Å². The van der Waals surface area contributed by atoms with E-state index in [1.807, 2.05) is 27.2 Å². The van der Waals surface area contributed by atoms with Gasteiger partial charge in [0.2, 0.25) is 5.91 Å². The number of carbonyl (C=O) groups excluding carboxylic acids is 1. The van der Waals surface area contributed by atoms with Gasteiger partial charge < -0.3 is 19.8 Å². The third-order valence-electron chi connectivity index (χ3n) is 14.5. The molecule has 1 amide bonds. The van der Waals surface area contributed by atoms with Crippen LogP contribution in [0.25, 0.3) is 0 Å². The number of carbonyl (C=O) groups is 1. The molecule has 8 nitrogen and oxygen atoms in total. The van der Waals surface area contributed by atoms with Crippen LogP contribution in [-0.4, -0.2) is 73.4 Å². The average molecular weight is 1140 g/mol. The van der Waals surface area contributed by atoms with Crippen molar-refractivity contribution < 1.29 is 32.9 Å². The first-order chi connectivity index (χ1) is 39.0. The normalized spacial score (nSPS) is 14.4. The number of hydrogen-bond acceptors (Lipinski definition) is 5. The standard InChI is InChI=1S/C71H127N2O6P/c1-6-8-10-12-14-16-18-20-22-24-26-28-30-31-32-33-34-35-36-37-38-39-40-41-43-45-47-49-51-53-55-57-59-61-63-65-71(75)72-69(68-79-80(76,77)78-67-66-73(3,4)5)70(74)64-62-60-58-56-54-52-50-48-46-44-42-29-27-25-23-21-19-17-15-13-11-9-7-2/h8,10,14,16,20,22,26,28,31-32,34-35,37-38,54,56,62,64,69-70,74H,6-7,9,11-13,15,17-19,21,23-25,27,29-30,33,36,39-53,55,57-61,63,65-68H2,1-5H3,(H-,72,75,76,77)/p+1/b10-8-,16-14-,22-20-,28-26-,32-31-,35-34-,38-37-,56-54+,64-62+. The summed E-state index contributed by atoms with van der Waals surface area (Å²) in [5.41, 5.74) is 0. The largest absolute Gasteiger partial charge is 0.472 e. The van der Waals surface area contributed by atoms with Gasteiger partial charge >= 0.3 is 7.82 Å². The van der Waals surface area contributed by atoms with E-state index < -0.39 is 20.0 Å². The van der Waals surface area contributed by atoms with Gasteiger partial charge in [-0.3, -0.25) is 13.8 Å². The van der Waals surface area contributed by atoms with Crippen LogP contribution in [0.3, 0.4) is 0 Å². The molecule has 0 aliphatic rings. The minimum Gasteiger partial charge on any atom is -0.387 e. The first-order valence-electron chi connectivity index (χ1n) is 33.3. The predicted octanol–water partition coefficient (Wildman–Crippen LogP) is 21.1. The zero-order valence-electron chi connectivity index (χ0n) is 52.8. The van der Waals surface area contributed by atoms with Crippen LogP contribution in [0.4, 0.5) is 0 Å². The number of nitrogens with one attached hydrogen (secondary N) is 1. The van der Waals surface area contributed by atoms with E-state index in [9.17, 15) is 19.4 Å². The molecule has 0 rings (SSSR count). The van der Waals surface area contributed by atoms with Crippen LogP contribution in [0.2, 0.25) is 0 Å². The molecule has 0 aromatic heterocycles. The fourth-order valence-electron chi connectivity index (χ4n) is 9.33. The monoisotopic (exact) mass is 1140 g/mol. The Labute approximate surface area is 495 Å². The number of quaternary nitrogens is 1. The lowest BCUT2D eigenvalue weighted by atomic mass is 10.0. The van der Waals surface area contributed by atoms with Gasteiger partial charge in [-0.25, -0.2) is 4.57 Å². The van der Waals surface area contributed by atoms with Crippen molar-refractivity contribution >= 4 is 13.7 Å². The first-order valence-corrected chi connectivity index (χ1v) is 34.8. The van der Waals surface area contributed by atoms with Gasteiger partial charge in [0.15, 0.2) is 0 Å². The molecule has 0 saturated carbocycles. The van der Waals surface area contributed by atoms with E-state index in [1.165, 1.54) is 180 Å². The Morgan fingerprint density at radius 2 is 0.762 bits per heavy atom. The fourth-order valence-corrected chi connectivity index (χ4v) is 10.1. The summed E-state index contributed by atoms with van der Waals surface area (Å²) in [6.45, 7) is 4.70. The number of rotatable bonds is 60. The summed E-state index contributed by atoms with van der Waals surface area (Å²) in [4.78, 5) is 23.4. The maximum absolute atomic E-state index is 13.0. The molecule has 0 aromatic carbocycles. The fraction of sp³-hybridized carbons (Fsp3) is 0.732. The Morgan fingerprint density at radius 1 is 0.438 bits per heavy atom. The number of nitrogens with zero attached hydrogens (tertiary/aromatic N) is 1. The Hall–Kier alpha value is -2.84. The Morgan fingerprint density at radius 3 is 1.15 bits per heavy atom. The summed E-state index contributed by atoms with van der Waals surface area (Å²) in [6.07, 6.45) is 89.3. The highest BCUT2D eigenvalue weighted by molar-refractivity contribution is 7.47. The molecule has 0 saturated heterocycles. The number of amides is 1. The maximum atomic E-state index is 13.0. The van der Waals surface area contributed by atoms with Crippen LogP contribution >= 0.6 is 7.82 Å². The van der Waals surface area contributed by atoms with Crippen LogP contribution in [-0.2, 0) is 18.4 Å². The summed E-state index contributed by atoms with van der Waals surface area (Å²) in [6, 6.07) is -0.872. The molecule has 3 atom stereocenters. The van der Waals surface area contributed by atoms with Crippen molar-refractivity contribution in [1.29, 1.82) is 0 Å². The maximum Gasteiger partial charge on any atom is 0.472 e. The van der Waals surface area contributed by atoms with Crippen molar-refractivity contribution in [3.8, 4) is 0 Å². The molecule has 0 fully saturated rings. The van der Waals surface area contributed by atoms with Gasteiger partial charge in [-0.05, 0) is 89.9 Å². The van der Waals surface area contributed by atoms with Crippen LogP contribution in [0.1, 0.15) is 284 Å².